The minimum absolute atomic E-state index is 0.0359. The van der Waals surface area contributed by atoms with E-state index >= 15 is 0 Å². The predicted octanol–water partition coefficient (Wildman–Crippen LogP) is 1.84. The van der Waals surface area contributed by atoms with Crippen LogP contribution in [-0.4, -0.2) is 30.6 Å². The van der Waals surface area contributed by atoms with E-state index < -0.39 is 5.97 Å². The maximum Gasteiger partial charge on any atom is 0.306 e. The maximum absolute atomic E-state index is 11.8. The highest BCUT2D eigenvalue weighted by molar-refractivity contribution is 5.94. The van der Waals surface area contributed by atoms with Gasteiger partial charge in [0.2, 0.25) is 5.91 Å². The van der Waals surface area contributed by atoms with Crippen molar-refractivity contribution >= 4 is 17.6 Å². The highest BCUT2D eigenvalue weighted by Crippen LogP contribution is 2.29. The summed E-state index contributed by atoms with van der Waals surface area (Å²) in [4.78, 5) is 23.9. The van der Waals surface area contributed by atoms with E-state index in [4.69, 9.17) is 9.84 Å². The molecule has 0 saturated heterocycles. The van der Waals surface area contributed by atoms with Crippen LogP contribution < -0.4 is 9.64 Å². The van der Waals surface area contributed by atoms with Gasteiger partial charge >= 0.3 is 5.97 Å². The van der Waals surface area contributed by atoms with E-state index in [1.54, 1.807) is 18.0 Å². The van der Waals surface area contributed by atoms with Crippen molar-refractivity contribution in [3.05, 3.63) is 23.8 Å². The number of nitrogens with zero attached hydrogens (tertiary/aromatic N) is 1. The predicted molar refractivity (Wildman–Crippen MR) is 70.5 cm³/mol. The molecule has 5 nitrogen and oxygen atoms in total. The fourth-order valence-corrected chi connectivity index (χ4v) is 2.15. The number of aryl methyl sites for hydroxylation is 1. The number of anilines is 1. The summed E-state index contributed by atoms with van der Waals surface area (Å²) in [6.07, 6.45) is 2.25. The molecule has 0 spiro atoms. The molecule has 0 bridgehead atoms. The third-order valence-electron chi connectivity index (χ3n) is 3.21. The number of hydrogen-bond donors (Lipinski definition) is 1. The van der Waals surface area contributed by atoms with E-state index in [1.807, 2.05) is 12.1 Å². The van der Waals surface area contributed by atoms with Crippen LogP contribution in [0.4, 0.5) is 5.69 Å². The standard InChI is InChI=1S/C14H17NO4/c1-15-12-9-11(19-8-7-14(17)18)6-5-10(12)3-2-4-13(15)16/h5-6,9H,2-4,7-8H2,1H3,(H,17,18). The van der Waals surface area contributed by atoms with E-state index in [9.17, 15) is 9.59 Å². The van der Waals surface area contributed by atoms with Gasteiger partial charge in [-0.25, -0.2) is 0 Å². The molecule has 1 aromatic rings. The lowest BCUT2D eigenvalue weighted by Gasteiger charge is -2.18. The second-order valence-corrected chi connectivity index (χ2v) is 4.59. The Morgan fingerprint density at radius 1 is 1.42 bits per heavy atom. The maximum atomic E-state index is 11.8. The first-order chi connectivity index (χ1) is 9.08. The molecule has 1 aromatic carbocycles. The van der Waals surface area contributed by atoms with Crippen molar-refractivity contribution in [1.82, 2.24) is 0 Å². The van der Waals surface area contributed by atoms with Crippen LogP contribution in [0.2, 0.25) is 0 Å². The molecule has 0 atom stereocenters. The van der Waals surface area contributed by atoms with E-state index in [0.717, 1.165) is 24.1 Å². The zero-order valence-electron chi connectivity index (χ0n) is 10.9. The Hall–Kier alpha value is -2.04. The third-order valence-corrected chi connectivity index (χ3v) is 3.21. The van der Waals surface area contributed by atoms with Crippen LogP contribution in [0.3, 0.4) is 0 Å². The monoisotopic (exact) mass is 263 g/mol. The number of carbonyl (C=O) groups excluding carboxylic acids is 1. The van der Waals surface area contributed by atoms with Gasteiger partial charge in [0.25, 0.3) is 0 Å². The first kappa shape index (κ1) is 13.4. The van der Waals surface area contributed by atoms with Gasteiger partial charge in [-0.2, -0.15) is 0 Å². The van der Waals surface area contributed by atoms with E-state index in [2.05, 4.69) is 0 Å². The molecule has 5 heteroatoms. The summed E-state index contributed by atoms with van der Waals surface area (Å²) in [6.45, 7) is 0.131. The van der Waals surface area contributed by atoms with Crippen LogP contribution >= 0.6 is 0 Å². The molecular formula is C14H17NO4. The lowest BCUT2D eigenvalue weighted by atomic mass is 10.1. The van der Waals surface area contributed by atoms with Gasteiger partial charge in [0.15, 0.2) is 0 Å². The number of rotatable bonds is 4. The summed E-state index contributed by atoms with van der Waals surface area (Å²) in [5.74, 6) is -0.190. The van der Waals surface area contributed by atoms with Gasteiger partial charge in [-0.3, -0.25) is 9.59 Å². The summed E-state index contributed by atoms with van der Waals surface area (Å²) in [5, 5.41) is 8.56. The highest BCUT2D eigenvalue weighted by Gasteiger charge is 2.19. The molecule has 0 aromatic heterocycles. The van der Waals surface area contributed by atoms with Gasteiger partial charge in [0.05, 0.1) is 18.7 Å². The third kappa shape index (κ3) is 3.24. The fourth-order valence-electron chi connectivity index (χ4n) is 2.15. The Kier molecular flexibility index (Phi) is 4.04. The molecule has 0 fully saturated rings. The first-order valence-electron chi connectivity index (χ1n) is 6.32. The molecular weight excluding hydrogens is 246 g/mol. The van der Waals surface area contributed by atoms with Gasteiger partial charge in [-0.05, 0) is 24.5 Å². The smallest absolute Gasteiger partial charge is 0.306 e. The van der Waals surface area contributed by atoms with Crippen molar-refractivity contribution < 1.29 is 19.4 Å². The number of benzene rings is 1. The number of carboxylic acids is 1. The normalized spacial score (nSPS) is 14.8. The van der Waals surface area contributed by atoms with Crippen LogP contribution in [0.15, 0.2) is 18.2 Å². The molecule has 0 aliphatic carbocycles. The second-order valence-electron chi connectivity index (χ2n) is 4.59. The summed E-state index contributed by atoms with van der Waals surface area (Å²) < 4.78 is 5.39. The zero-order chi connectivity index (χ0) is 13.8. The van der Waals surface area contributed by atoms with E-state index in [0.29, 0.717) is 12.2 Å². The molecule has 1 heterocycles. The fraction of sp³-hybridized carbons (Fsp3) is 0.429. The van der Waals surface area contributed by atoms with Crippen molar-refractivity contribution in [2.75, 3.05) is 18.6 Å². The summed E-state index contributed by atoms with van der Waals surface area (Å²) in [7, 11) is 1.76. The molecule has 102 valence electrons. The largest absolute Gasteiger partial charge is 0.493 e. The Morgan fingerprint density at radius 2 is 2.21 bits per heavy atom. The second kappa shape index (κ2) is 5.73. The number of aliphatic carboxylic acids is 1. The number of carbonyl (C=O) groups is 2. The van der Waals surface area contributed by atoms with Crippen LogP contribution in [0.5, 0.6) is 5.75 Å². The van der Waals surface area contributed by atoms with Crippen LogP contribution in [0, 0.1) is 0 Å². The van der Waals surface area contributed by atoms with Crippen molar-refractivity contribution in [2.45, 2.75) is 25.7 Å². The van der Waals surface area contributed by atoms with Crippen molar-refractivity contribution in [3.63, 3.8) is 0 Å². The molecule has 0 radical (unpaired) electrons. The quantitative estimate of drug-likeness (QED) is 0.900. The number of ether oxygens (including phenoxy) is 1. The summed E-state index contributed by atoms with van der Waals surface area (Å²) in [5.41, 5.74) is 1.98. The van der Waals surface area contributed by atoms with Gasteiger partial charge < -0.3 is 14.7 Å². The topological polar surface area (TPSA) is 66.8 Å². The van der Waals surface area contributed by atoms with Gasteiger partial charge in [-0.15, -0.1) is 0 Å². The molecule has 1 N–H and O–H groups in total. The Labute approximate surface area is 111 Å². The van der Waals surface area contributed by atoms with Gasteiger partial charge in [0, 0.05) is 19.5 Å². The van der Waals surface area contributed by atoms with Gasteiger partial charge in [0.1, 0.15) is 5.75 Å². The van der Waals surface area contributed by atoms with E-state index in [1.165, 1.54) is 0 Å². The molecule has 0 saturated carbocycles. The van der Waals surface area contributed by atoms with Crippen molar-refractivity contribution in [2.24, 2.45) is 0 Å². The van der Waals surface area contributed by atoms with Crippen LogP contribution in [0.25, 0.3) is 0 Å². The number of carboxylic acid groups (broad SMARTS) is 1. The zero-order valence-corrected chi connectivity index (χ0v) is 10.9. The molecule has 19 heavy (non-hydrogen) atoms. The number of fused-ring (bicyclic) bond motifs is 1. The van der Waals surface area contributed by atoms with Crippen molar-refractivity contribution in [1.29, 1.82) is 0 Å². The number of amides is 1. The minimum atomic E-state index is -0.887. The van der Waals surface area contributed by atoms with Crippen molar-refractivity contribution in [3.8, 4) is 5.75 Å². The molecule has 0 unspecified atom stereocenters. The highest BCUT2D eigenvalue weighted by atomic mass is 16.5. The summed E-state index contributed by atoms with van der Waals surface area (Å²) >= 11 is 0. The van der Waals surface area contributed by atoms with Crippen LogP contribution in [-0.2, 0) is 16.0 Å². The SMILES string of the molecule is CN1C(=O)CCCc2ccc(OCCC(=O)O)cc21. The summed E-state index contributed by atoms with van der Waals surface area (Å²) in [6, 6.07) is 5.57. The van der Waals surface area contributed by atoms with Crippen LogP contribution in [0.1, 0.15) is 24.8 Å². The molecule has 1 aliphatic rings. The Balaban J connectivity index is 2.14. The lowest BCUT2D eigenvalue weighted by Crippen LogP contribution is -2.25. The molecule has 1 amide bonds. The Morgan fingerprint density at radius 3 is 2.95 bits per heavy atom. The average Bonchev–Trinajstić information content (AvgIpc) is 2.50. The number of hydrogen-bond acceptors (Lipinski definition) is 3. The Bertz CT molecular complexity index is 498. The minimum Gasteiger partial charge on any atom is -0.493 e. The first-order valence-corrected chi connectivity index (χ1v) is 6.32. The lowest BCUT2D eigenvalue weighted by molar-refractivity contribution is -0.137. The molecule has 1 aliphatic heterocycles. The van der Waals surface area contributed by atoms with Gasteiger partial charge in [-0.1, -0.05) is 6.07 Å². The van der Waals surface area contributed by atoms with E-state index in [-0.39, 0.29) is 18.9 Å². The molecule has 2 rings (SSSR count). The average molecular weight is 263 g/mol.